The highest BCUT2D eigenvalue weighted by atomic mass is 19.1. The molecule has 0 radical (unpaired) electrons. The molecule has 5 nitrogen and oxygen atoms in total. The lowest BCUT2D eigenvalue weighted by Crippen LogP contribution is -2.21. The largest absolute Gasteiger partial charge is 0.420 e. The summed E-state index contributed by atoms with van der Waals surface area (Å²) in [5.74, 6) is -0.390. The monoisotopic (exact) mass is 388 g/mol. The topological polar surface area (TPSA) is 87.7 Å². The fourth-order valence-electron chi connectivity index (χ4n) is 3.59. The Labute approximate surface area is 168 Å². The first-order chi connectivity index (χ1) is 13.8. The summed E-state index contributed by atoms with van der Waals surface area (Å²) in [5.41, 5.74) is 10.6. The van der Waals surface area contributed by atoms with Gasteiger partial charge in [-0.05, 0) is 40.8 Å². The average molecular weight is 388 g/mol. The number of aromatic amines is 1. The predicted molar refractivity (Wildman–Crippen MR) is 108 cm³/mol. The molecule has 0 aliphatic carbocycles. The molecule has 1 aliphatic heterocycles. The molecule has 0 saturated heterocycles. The Kier molecular flexibility index (Phi) is 4.39. The standard InChI is InChI=1S/C23H21FN4O/c1-23(2,3)15-8-4-13(5-9-15)18-17(12-25)21(26)29-22-19(18)20(27-28-22)14-6-10-16(24)11-7-14/h4-11,18H,26H2,1-3H3,(H,27,28)/t18-/m0/s1. The fourth-order valence-corrected chi connectivity index (χ4v) is 3.59. The number of nitrogens with two attached hydrogens (primary N) is 1. The number of aromatic nitrogens is 2. The van der Waals surface area contributed by atoms with Crippen LogP contribution in [0.5, 0.6) is 5.88 Å². The number of ether oxygens (including phenoxy) is 1. The van der Waals surface area contributed by atoms with Gasteiger partial charge in [-0.1, -0.05) is 45.0 Å². The molecule has 0 saturated carbocycles. The van der Waals surface area contributed by atoms with Gasteiger partial charge in [0.25, 0.3) is 0 Å². The molecule has 1 aliphatic rings. The number of fused-ring (bicyclic) bond motifs is 1. The zero-order valence-electron chi connectivity index (χ0n) is 16.5. The molecule has 146 valence electrons. The number of halogens is 1. The molecule has 1 atom stereocenters. The molecular weight excluding hydrogens is 367 g/mol. The number of nitriles is 1. The summed E-state index contributed by atoms with van der Waals surface area (Å²) in [7, 11) is 0. The molecule has 6 heteroatoms. The van der Waals surface area contributed by atoms with Gasteiger partial charge in [0.1, 0.15) is 17.5 Å². The van der Waals surface area contributed by atoms with Gasteiger partial charge in [0, 0.05) is 5.56 Å². The second kappa shape index (κ2) is 6.78. The van der Waals surface area contributed by atoms with E-state index in [1.54, 1.807) is 12.1 Å². The first-order valence-corrected chi connectivity index (χ1v) is 9.32. The van der Waals surface area contributed by atoms with Crippen LogP contribution in [0.15, 0.2) is 60.0 Å². The normalized spacial score (nSPS) is 16.2. The SMILES string of the molecule is CC(C)(C)c1ccc([C@H]2C(C#N)=C(N)Oc3n[nH]c(-c4ccc(F)cc4)c32)cc1. The van der Waals surface area contributed by atoms with Gasteiger partial charge in [-0.15, -0.1) is 5.10 Å². The van der Waals surface area contributed by atoms with Crippen LogP contribution in [0.25, 0.3) is 11.3 Å². The van der Waals surface area contributed by atoms with Crippen molar-refractivity contribution in [2.45, 2.75) is 32.1 Å². The van der Waals surface area contributed by atoms with E-state index in [0.717, 1.165) is 11.1 Å². The van der Waals surface area contributed by atoms with Crippen molar-refractivity contribution in [2.75, 3.05) is 0 Å². The molecule has 0 unspecified atom stereocenters. The lowest BCUT2D eigenvalue weighted by molar-refractivity contribution is 0.379. The smallest absolute Gasteiger partial charge is 0.244 e. The van der Waals surface area contributed by atoms with Crippen molar-refractivity contribution in [3.05, 3.63) is 82.5 Å². The second-order valence-electron chi connectivity index (χ2n) is 8.12. The number of hydrogen-bond donors (Lipinski definition) is 2. The third-order valence-corrected chi connectivity index (χ3v) is 5.18. The fraction of sp³-hybridized carbons (Fsp3) is 0.217. The highest BCUT2D eigenvalue weighted by Crippen LogP contribution is 2.45. The minimum absolute atomic E-state index is 0.0151. The number of nitrogens with one attached hydrogen (secondary N) is 1. The molecule has 0 amide bonds. The number of benzene rings is 2. The van der Waals surface area contributed by atoms with Gasteiger partial charge in [-0.3, -0.25) is 5.10 Å². The van der Waals surface area contributed by atoms with Crippen LogP contribution < -0.4 is 10.5 Å². The Morgan fingerprint density at radius 2 is 1.76 bits per heavy atom. The number of hydrogen-bond acceptors (Lipinski definition) is 4. The maximum absolute atomic E-state index is 13.4. The highest BCUT2D eigenvalue weighted by Gasteiger charge is 2.35. The summed E-state index contributed by atoms with van der Waals surface area (Å²) in [6.07, 6.45) is 0. The molecule has 0 bridgehead atoms. The molecule has 4 rings (SSSR count). The lowest BCUT2D eigenvalue weighted by Gasteiger charge is -2.25. The zero-order chi connectivity index (χ0) is 20.8. The van der Waals surface area contributed by atoms with Crippen LogP contribution in [0.1, 0.15) is 43.4 Å². The van der Waals surface area contributed by atoms with Crippen LogP contribution in [0.4, 0.5) is 4.39 Å². The molecule has 0 fully saturated rings. The minimum atomic E-state index is -0.434. The van der Waals surface area contributed by atoms with E-state index in [2.05, 4.69) is 49.2 Å². The van der Waals surface area contributed by atoms with Gasteiger partial charge in [0.15, 0.2) is 0 Å². The number of nitrogens with zero attached hydrogens (tertiary/aromatic N) is 2. The van der Waals surface area contributed by atoms with Gasteiger partial charge < -0.3 is 10.5 Å². The van der Waals surface area contributed by atoms with Crippen molar-refractivity contribution >= 4 is 0 Å². The lowest BCUT2D eigenvalue weighted by atomic mass is 9.81. The quantitative estimate of drug-likeness (QED) is 0.664. The maximum Gasteiger partial charge on any atom is 0.244 e. The molecule has 1 aromatic heterocycles. The van der Waals surface area contributed by atoms with Crippen LogP contribution in [0.2, 0.25) is 0 Å². The summed E-state index contributed by atoms with van der Waals surface area (Å²) < 4.78 is 19.0. The second-order valence-corrected chi connectivity index (χ2v) is 8.12. The van der Waals surface area contributed by atoms with Crippen LogP contribution in [-0.4, -0.2) is 10.2 Å². The summed E-state index contributed by atoms with van der Waals surface area (Å²) in [5, 5.41) is 17.0. The van der Waals surface area contributed by atoms with Crippen LogP contribution in [0.3, 0.4) is 0 Å². The molecular formula is C23H21FN4O. The van der Waals surface area contributed by atoms with Crippen LogP contribution in [0, 0.1) is 17.1 Å². The number of rotatable bonds is 2. The van der Waals surface area contributed by atoms with Crippen molar-refractivity contribution in [1.82, 2.24) is 10.2 Å². The summed E-state index contributed by atoms with van der Waals surface area (Å²) in [6, 6.07) is 16.4. The first-order valence-electron chi connectivity index (χ1n) is 9.32. The van der Waals surface area contributed by atoms with Crippen LogP contribution >= 0.6 is 0 Å². The van der Waals surface area contributed by atoms with Gasteiger partial charge in [0.05, 0.1) is 17.2 Å². The van der Waals surface area contributed by atoms with Crippen molar-refractivity contribution in [1.29, 1.82) is 5.26 Å². The third-order valence-electron chi connectivity index (χ3n) is 5.18. The summed E-state index contributed by atoms with van der Waals surface area (Å²) in [6.45, 7) is 6.45. The highest BCUT2D eigenvalue weighted by molar-refractivity contribution is 5.70. The zero-order valence-corrected chi connectivity index (χ0v) is 16.5. The number of allylic oxidation sites excluding steroid dienone is 1. The molecule has 3 aromatic rings. The Bertz CT molecular complexity index is 1130. The minimum Gasteiger partial charge on any atom is -0.420 e. The van der Waals surface area contributed by atoms with E-state index in [0.29, 0.717) is 22.7 Å². The molecule has 2 aromatic carbocycles. The van der Waals surface area contributed by atoms with E-state index in [1.807, 2.05) is 12.1 Å². The molecule has 2 heterocycles. The van der Waals surface area contributed by atoms with E-state index in [4.69, 9.17) is 10.5 Å². The Balaban J connectivity index is 1.88. The van der Waals surface area contributed by atoms with E-state index < -0.39 is 5.92 Å². The molecule has 29 heavy (non-hydrogen) atoms. The Morgan fingerprint density at radius 3 is 2.34 bits per heavy atom. The molecule has 3 N–H and O–H groups in total. The van der Waals surface area contributed by atoms with E-state index in [9.17, 15) is 9.65 Å². The Hall–Kier alpha value is -3.59. The third kappa shape index (κ3) is 3.25. The first kappa shape index (κ1) is 18.8. The van der Waals surface area contributed by atoms with E-state index >= 15 is 0 Å². The van der Waals surface area contributed by atoms with Gasteiger partial charge in [0.2, 0.25) is 11.8 Å². The van der Waals surface area contributed by atoms with E-state index in [-0.39, 0.29) is 17.1 Å². The summed E-state index contributed by atoms with van der Waals surface area (Å²) in [4.78, 5) is 0. The summed E-state index contributed by atoms with van der Waals surface area (Å²) >= 11 is 0. The van der Waals surface area contributed by atoms with Crippen molar-refractivity contribution < 1.29 is 9.13 Å². The van der Waals surface area contributed by atoms with Gasteiger partial charge in [-0.2, -0.15) is 5.26 Å². The van der Waals surface area contributed by atoms with Gasteiger partial charge >= 0.3 is 0 Å². The maximum atomic E-state index is 13.4. The van der Waals surface area contributed by atoms with E-state index in [1.165, 1.54) is 17.7 Å². The van der Waals surface area contributed by atoms with Crippen molar-refractivity contribution in [3.8, 4) is 23.2 Å². The van der Waals surface area contributed by atoms with Crippen molar-refractivity contribution in [3.63, 3.8) is 0 Å². The molecule has 0 spiro atoms. The van der Waals surface area contributed by atoms with Gasteiger partial charge in [-0.25, -0.2) is 4.39 Å². The van der Waals surface area contributed by atoms with Crippen molar-refractivity contribution in [2.24, 2.45) is 5.73 Å². The predicted octanol–water partition coefficient (Wildman–Crippen LogP) is 4.73. The van der Waals surface area contributed by atoms with Crippen LogP contribution in [-0.2, 0) is 5.41 Å². The average Bonchev–Trinajstić information content (AvgIpc) is 3.10. The number of H-pyrrole nitrogens is 1. The Morgan fingerprint density at radius 1 is 1.10 bits per heavy atom.